The van der Waals surface area contributed by atoms with Crippen molar-refractivity contribution in [3.05, 3.63) is 0 Å². The van der Waals surface area contributed by atoms with Crippen LogP contribution in [0.2, 0.25) is 0 Å². The number of nitrogens with zero attached hydrogens (tertiary/aromatic N) is 1. The van der Waals surface area contributed by atoms with E-state index in [-0.39, 0.29) is 0 Å². The molecule has 0 radical (unpaired) electrons. The third-order valence-electron chi connectivity index (χ3n) is 3.30. The predicted molar refractivity (Wildman–Crippen MR) is 64.0 cm³/mol. The molecule has 2 N–H and O–H groups in total. The molecular weight excluding hydrogens is 188 g/mol. The zero-order valence-corrected chi connectivity index (χ0v) is 10.1. The van der Waals surface area contributed by atoms with E-state index in [0.29, 0.717) is 0 Å². The molecule has 0 bridgehead atoms. The van der Waals surface area contributed by atoms with E-state index in [1.807, 2.05) is 0 Å². The molecule has 15 heavy (non-hydrogen) atoms. The molecule has 1 rings (SSSR count). The number of hydrogen-bond acceptors (Lipinski definition) is 3. The number of hydrogen-bond donors (Lipinski definition) is 1. The second-order valence-electron chi connectivity index (χ2n) is 4.46. The van der Waals surface area contributed by atoms with E-state index in [1.54, 1.807) is 7.11 Å². The zero-order chi connectivity index (χ0) is 10.9. The van der Waals surface area contributed by atoms with E-state index >= 15 is 0 Å². The molecule has 0 aliphatic heterocycles. The predicted octanol–water partition coefficient (Wildman–Crippen LogP) is 1.62. The van der Waals surface area contributed by atoms with Gasteiger partial charge in [0, 0.05) is 39.4 Å². The Morgan fingerprint density at radius 1 is 1.20 bits per heavy atom. The number of ether oxygens (including phenoxy) is 1. The lowest BCUT2D eigenvalue weighted by molar-refractivity contribution is 0.131. The van der Waals surface area contributed by atoms with Crippen LogP contribution in [0.3, 0.4) is 0 Å². The summed E-state index contributed by atoms with van der Waals surface area (Å²) in [7, 11) is 1.77. The van der Waals surface area contributed by atoms with Crippen LogP contribution in [0.15, 0.2) is 0 Å². The minimum atomic E-state index is 0.781. The summed E-state index contributed by atoms with van der Waals surface area (Å²) in [6.45, 7) is 3.85. The van der Waals surface area contributed by atoms with E-state index in [2.05, 4.69) is 4.90 Å². The minimum absolute atomic E-state index is 0.781. The van der Waals surface area contributed by atoms with Crippen molar-refractivity contribution in [3.8, 4) is 0 Å². The van der Waals surface area contributed by atoms with Gasteiger partial charge in [0.15, 0.2) is 0 Å². The second kappa shape index (κ2) is 8.08. The van der Waals surface area contributed by atoms with E-state index in [9.17, 15) is 0 Å². The summed E-state index contributed by atoms with van der Waals surface area (Å²) >= 11 is 0. The fourth-order valence-electron chi connectivity index (χ4n) is 2.50. The average Bonchev–Trinajstić information content (AvgIpc) is 2.29. The molecular formula is C12H26N2O. The summed E-state index contributed by atoms with van der Waals surface area (Å²) in [6, 6.07) is 0.791. The first-order valence-electron chi connectivity index (χ1n) is 6.31. The van der Waals surface area contributed by atoms with Crippen molar-refractivity contribution in [2.24, 2.45) is 5.73 Å². The van der Waals surface area contributed by atoms with Gasteiger partial charge in [-0.1, -0.05) is 19.3 Å². The van der Waals surface area contributed by atoms with Gasteiger partial charge in [-0.15, -0.1) is 0 Å². The Hall–Kier alpha value is -0.120. The summed E-state index contributed by atoms with van der Waals surface area (Å²) in [5, 5.41) is 0. The van der Waals surface area contributed by atoms with E-state index < -0.39 is 0 Å². The van der Waals surface area contributed by atoms with E-state index in [4.69, 9.17) is 10.5 Å². The van der Waals surface area contributed by atoms with Crippen LogP contribution in [-0.2, 0) is 4.74 Å². The highest BCUT2D eigenvalue weighted by Crippen LogP contribution is 2.22. The third kappa shape index (κ3) is 4.96. The second-order valence-corrected chi connectivity index (χ2v) is 4.46. The van der Waals surface area contributed by atoms with Gasteiger partial charge in [-0.25, -0.2) is 0 Å². The fourth-order valence-corrected chi connectivity index (χ4v) is 2.50. The summed E-state index contributed by atoms with van der Waals surface area (Å²) in [6.07, 6.45) is 8.09. The Bertz CT molecular complexity index is 147. The molecule has 0 amide bonds. The van der Waals surface area contributed by atoms with Crippen LogP contribution >= 0.6 is 0 Å². The molecule has 0 aromatic carbocycles. The van der Waals surface area contributed by atoms with Crippen molar-refractivity contribution in [2.75, 3.05) is 33.4 Å². The molecule has 0 aromatic rings. The van der Waals surface area contributed by atoms with E-state index in [0.717, 1.165) is 38.7 Å². The minimum Gasteiger partial charge on any atom is -0.385 e. The fraction of sp³-hybridized carbons (Fsp3) is 1.00. The molecule has 1 aliphatic carbocycles. The topological polar surface area (TPSA) is 38.5 Å². The normalized spacial score (nSPS) is 18.6. The summed E-state index contributed by atoms with van der Waals surface area (Å²) in [5.74, 6) is 0. The van der Waals surface area contributed by atoms with Gasteiger partial charge in [0.25, 0.3) is 0 Å². The number of nitrogens with two attached hydrogens (primary N) is 1. The Balaban J connectivity index is 2.26. The highest BCUT2D eigenvalue weighted by Gasteiger charge is 2.19. The first kappa shape index (κ1) is 12.9. The highest BCUT2D eigenvalue weighted by atomic mass is 16.5. The lowest BCUT2D eigenvalue weighted by Crippen LogP contribution is -2.40. The maximum absolute atomic E-state index is 5.67. The Morgan fingerprint density at radius 2 is 1.93 bits per heavy atom. The van der Waals surface area contributed by atoms with Crippen LogP contribution in [0, 0.1) is 0 Å². The first-order valence-corrected chi connectivity index (χ1v) is 6.31. The largest absolute Gasteiger partial charge is 0.385 e. The summed E-state index contributed by atoms with van der Waals surface area (Å²) < 4.78 is 5.10. The molecule has 0 saturated heterocycles. The van der Waals surface area contributed by atoms with Gasteiger partial charge in [0.2, 0.25) is 0 Å². The van der Waals surface area contributed by atoms with Gasteiger partial charge >= 0.3 is 0 Å². The maximum atomic E-state index is 5.67. The molecule has 1 fully saturated rings. The van der Waals surface area contributed by atoms with Crippen molar-refractivity contribution >= 4 is 0 Å². The Kier molecular flexibility index (Phi) is 6.98. The molecule has 0 heterocycles. The van der Waals surface area contributed by atoms with Crippen molar-refractivity contribution in [1.82, 2.24) is 4.90 Å². The van der Waals surface area contributed by atoms with Crippen LogP contribution < -0.4 is 5.73 Å². The summed E-state index contributed by atoms with van der Waals surface area (Å²) in [4.78, 5) is 2.57. The van der Waals surface area contributed by atoms with Gasteiger partial charge in [-0.3, -0.25) is 4.90 Å². The first-order chi connectivity index (χ1) is 7.38. The third-order valence-corrected chi connectivity index (χ3v) is 3.30. The standard InChI is InChI=1S/C12H26N2O/c1-15-11-5-9-14(10-8-13)12-6-3-2-4-7-12/h12H,2-11,13H2,1H3. The number of rotatable bonds is 7. The Morgan fingerprint density at radius 3 is 2.53 bits per heavy atom. The van der Waals surface area contributed by atoms with Crippen molar-refractivity contribution in [3.63, 3.8) is 0 Å². The van der Waals surface area contributed by atoms with Crippen LogP contribution in [-0.4, -0.2) is 44.3 Å². The monoisotopic (exact) mass is 214 g/mol. The maximum Gasteiger partial charge on any atom is 0.0474 e. The molecule has 3 nitrogen and oxygen atoms in total. The molecule has 1 aliphatic rings. The van der Waals surface area contributed by atoms with Crippen LogP contribution in [0.5, 0.6) is 0 Å². The van der Waals surface area contributed by atoms with Gasteiger partial charge in [0.1, 0.15) is 0 Å². The van der Waals surface area contributed by atoms with Crippen LogP contribution in [0.4, 0.5) is 0 Å². The van der Waals surface area contributed by atoms with Crippen molar-refractivity contribution in [1.29, 1.82) is 0 Å². The van der Waals surface area contributed by atoms with E-state index in [1.165, 1.54) is 32.1 Å². The quantitative estimate of drug-likeness (QED) is 0.654. The lowest BCUT2D eigenvalue weighted by atomic mass is 9.94. The van der Waals surface area contributed by atoms with Gasteiger partial charge in [-0.2, -0.15) is 0 Å². The highest BCUT2D eigenvalue weighted by molar-refractivity contribution is 4.75. The van der Waals surface area contributed by atoms with Crippen LogP contribution in [0.25, 0.3) is 0 Å². The van der Waals surface area contributed by atoms with Crippen molar-refractivity contribution < 1.29 is 4.74 Å². The molecule has 0 spiro atoms. The summed E-state index contributed by atoms with van der Waals surface area (Å²) in [5.41, 5.74) is 5.67. The average molecular weight is 214 g/mol. The lowest BCUT2D eigenvalue weighted by Gasteiger charge is -2.34. The van der Waals surface area contributed by atoms with Gasteiger partial charge in [-0.05, 0) is 19.3 Å². The zero-order valence-electron chi connectivity index (χ0n) is 10.1. The molecule has 90 valence electrons. The number of methoxy groups -OCH3 is 1. The van der Waals surface area contributed by atoms with Crippen molar-refractivity contribution in [2.45, 2.75) is 44.6 Å². The molecule has 3 heteroatoms. The SMILES string of the molecule is COCCCN(CCN)C1CCCCC1. The van der Waals surface area contributed by atoms with Gasteiger partial charge in [0.05, 0.1) is 0 Å². The molecule has 0 aromatic heterocycles. The molecule has 1 saturated carbocycles. The molecule has 0 unspecified atom stereocenters. The Labute approximate surface area is 94.0 Å². The van der Waals surface area contributed by atoms with Crippen LogP contribution in [0.1, 0.15) is 38.5 Å². The smallest absolute Gasteiger partial charge is 0.0474 e. The van der Waals surface area contributed by atoms with Gasteiger partial charge < -0.3 is 10.5 Å². The molecule has 0 atom stereocenters.